The van der Waals surface area contributed by atoms with Crippen molar-refractivity contribution in [3.8, 4) is 0 Å². The highest BCUT2D eigenvalue weighted by atomic mass is 16.2. The number of anilines is 1. The molecule has 3 rings (SSSR count). The van der Waals surface area contributed by atoms with Gasteiger partial charge in [0.1, 0.15) is 0 Å². The molecule has 1 aliphatic carbocycles. The Morgan fingerprint density at radius 2 is 2.14 bits per heavy atom. The Hall–Kier alpha value is -1.55. The van der Waals surface area contributed by atoms with Gasteiger partial charge in [-0.25, -0.2) is 0 Å². The number of nitrogens with two attached hydrogens (primary N) is 1. The summed E-state index contributed by atoms with van der Waals surface area (Å²) >= 11 is 0. The molecule has 0 aromatic heterocycles. The molecule has 1 amide bonds. The van der Waals surface area contributed by atoms with Crippen LogP contribution in [0.25, 0.3) is 0 Å². The number of hydrogen-bond acceptors (Lipinski definition) is 3. The van der Waals surface area contributed by atoms with Gasteiger partial charge in [0, 0.05) is 31.9 Å². The molecule has 0 saturated heterocycles. The Balaban J connectivity index is 1.42. The average Bonchev–Trinajstić information content (AvgIpc) is 2.86. The number of amides is 1. The third-order valence-corrected chi connectivity index (χ3v) is 5.06. The van der Waals surface area contributed by atoms with Gasteiger partial charge in [-0.1, -0.05) is 24.6 Å². The Bertz CT molecular complexity index is 505. The van der Waals surface area contributed by atoms with Crippen LogP contribution >= 0.6 is 0 Å². The summed E-state index contributed by atoms with van der Waals surface area (Å²) < 4.78 is 0. The zero-order valence-electron chi connectivity index (χ0n) is 12.6. The van der Waals surface area contributed by atoms with Crippen molar-refractivity contribution < 1.29 is 4.79 Å². The fourth-order valence-corrected chi connectivity index (χ4v) is 3.43. The van der Waals surface area contributed by atoms with Gasteiger partial charge in [-0.05, 0) is 37.3 Å². The molecular weight excluding hydrogens is 262 g/mol. The molecule has 1 saturated carbocycles. The van der Waals surface area contributed by atoms with Crippen molar-refractivity contribution in [2.45, 2.75) is 32.1 Å². The van der Waals surface area contributed by atoms with E-state index in [-0.39, 0.29) is 11.3 Å². The van der Waals surface area contributed by atoms with E-state index in [0.717, 1.165) is 51.7 Å². The minimum atomic E-state index is -0.250. The minimum Gasteiger partial charge on any atom is -0.371 e. The van der Waals surface area contributed by atoms with E-state index >= 15 is 0 Å². The molecule has 4 heteroatoms. The minimum absolute atomic E-state index is 0.165. The van der Waals surface area contributed by atoms with Crippen molar-refractivity contribution >= 4 is 11.6 Å². The number of para-hydroxylation sites is 1. The molecule has 1 fully saturated rings. The van der Waals surface area contributed by atoms with Gasteiger partial charge in [0.05, 0.1) is 5.41 Å². The van der Waals surface area contributed by atoms with E-state index in [1.807, 2.05) is 0 Å². The number of nitrogens with zero attached hydrogens (tertiary/aromatic N) is 1. The Labute approximate surface area is 126 Å². The number of hydrogen-bond donors (Lipinski definition) is 2. The molecule has 0 atom stereocenters. The van der Waals surface area contributed by atoms with Crippen molar-refractivity contribution in [3.05, 3.63) is 29.8 Å². The van der Waals surface area contributed by atoms with Crippen molar-refractivity contribution in [3.63, 3.8) is 0 Å². The number of carbonyl (C=O) groups excluding carboxylic acids is 1. The lowest BCUT2D eigenvalue weighted by atomic mass is 9.68. The lowest BCUT2D eigenvalue weighted by molar-refractivity contribution is -0.135. The molecule has 114 valence electrons. The van der Waals surface area contributed by atoms with Gasteiger partial charge in [-0.2, -0.15) is 0 Å². The molecule has 2 aliphatic rings. The Morgan fingerprint density at radius 3 is 2.86 bits per heavy atom. The third-order valence-electron chi connectivity index (χ3n) is 5.06. The number of carbonyl (C=O) groups is 1. The van der Waals surface area contributed by atoms with Crippen LogP contribution in [-0.2, 0) is 11.2 Å². The summed E-state index contributed by atoms with van der Waals surface area (Å²) in [6.45, 7) is 3.34. The summed E-state index contributed by atoms with van der Waals surface area (Å²) in [6.07, 6.45) is 5.17. The molecular formula is C17H25N3O. The topological polar surface area (TPSA) is 58.4 Å². The van der Waals surface area contributed by atoms with Crippen LogP contribution < -0.4 is 16.0 Å². The van der Waals surface area contributed by atoms with E-state index < -0.39 is 0 Å². The maximum absolute atomic E-state index is 12.2. The average molecular weight is 287 g/mol. The molecule has 0 bridgehead atoms. The first-order chi connectivity index (χ1) is 10.2. The maximum Gasteiger partial charge on any atom is 0.227 e. The second-order valence-electron chi connectivity index (χ2n) is 6.31. The first-order valence-corrected chi connectivity index (χ1v) is 8.06. The van der Waals surface area contributed by atoms with E-state index in [4.69, 9.17) is 5.73 Å². The summed E-state index contributed by atoms with van der Waals surface area (Å²) in [4.78, 5) is 14.6. The quantitative estimate of drug-likeness (QED) is 0.783. The second kappa shape index (κ2) is 6.06. The predicted molar refractivity (Wildman–Crippen MR) is 85.3 cm³/mol. The highest BCUT2D eigenvalue weighted by molar-refractivity contribution is 5.83. The van der Waals surface area contributed by atoms with E-state index in [9.17, 15) is 4.79 Å². The number of benzene rings is 1. The van der Waals surface area contributed by atoms with Crippen molar-refractivity contribution in [2.24, 2.45) is 11.1 Å². The lowest BCUT2D eigenvalue weighted by Crippen LogP contribution is -2.50. The number of nitrogens with one attached hydrogen (secondary N) is 1. The standard InChI is InChI=1S/C17H25N3O/c18-13-17(8-3-9-17)16(21)19-10-4-11-20-12-7-14-5-1-2-6-15(14)20/h1-2,5-6H,3-4,7-13,18H2,(H,19,21). The van der Waals surface area contributed by atoms with E-state index in [1.54, 1.807) is 0 Å². The lowest BCUT2D eigenvalue weighted by Gasteiger charge is -2.39. The van der Waals surface area contributed by atoms with Gasteiger partial charge in [0.25, 0.3) is 0 Å². The summed E-state index contributed by atoms with van der Waals surface area (Å²) in [6, 6.07) is 8.60. The number of rotatable bonds is 6. The van der Waals surface area contributed by atoms with Crippen LogP contribution in [0, 0.1) is 5.41 Å². The fraction of sp³-hybridized carbons (Fsp3) is 0.588. The smallest absolute Gasteiger partial charge is 0.227 e. The Morgan fingerprint density at radius 1 is 1.33 bits per heavy atom. The molecule has 0 unspecified atom stereocenters. The van der Waals surface area contributed by atoms with Gasteiger partial charge < -0.3 is 16.0 Å². The van der Waals surface area contributed by atoms with Crippen molar-refractivity contribution in [1.29, 1.82) is 0 Å². The molecule has 3 N–H and O–H groups in total. The van der Waals surface area contributed by atoms with Gasteiger partial charge in [0.15, 0.2) is 0 Å². The summed E-state index contributed by atoms with van der Waals surface area (Å²) in [5, 5.41) is 3.08. The molecule has 0 radical (unpaired) electrons. The van der Waals surface area contributed by atoms with Gasteiger partial charge in [-0.3, -0.25) is 4.79 Å². The van der Waals surface area contributed by atoms with Gasteiger partial charge in [-0.15, -0.1) is 0 Å². The van der Waals surface area contributed by atoms with E-state index in [2.05, 4.69) is 34.5 Å². The Kier molecular flexibility index (Phi) is 4.15. The largest absolute Gasteiger partial charge is 0.371 e. The van der Waals surface area contributed by atoms with Crippen LogP contribution in [0.4, 0.5) is 5.69 Å². The molecule has 21 heavy (non-hydrogen) atoms. The van der Waals surface area contributed by atoms with E-state index in [1.165, 1.54) is 11.3 Å². The second-order valence-corrected chi connectivity index (χ2v) is 6.31. The van der Waals surface area contributed by atoms with Crippen LogP contribution in [0.3, 0.4) is 0 Å². The molecule has 0 spiro atoms. The summed E-state index contributed by atoms with van der Waals surface area (Å²) in [7, 11) is 0. The number of fused-ring (bicyclic) bond motifs is 1. The molecule has 1 heterocycles. The third kappa shape index (κ3) is 2.77. The van der Waals surface area contributed by atoms with Gasteiger partial charge in [0.2, 0.25) is 5.91 Å². The maximum atomic E-state index is 12.2. The fourth-order valence-electron chi connectivity index (χ4n) is 3.43. The normalized spacial score (nSPS) is 19.0. The highest BCUT2D eigenvalue weighted by Crippen LogP contribution is 2.39. The van der Waals surface area contributed by atoms with Crippen LogP contribution in [-0.4, -0.2) is 32.1 Å². The van der Waals surface area contributed by atoms with Crippen LogP contribution in [0.15, 0.2) is 24.3 Å². The first kappa shape index (κ1) is 14.4. The van der Waals surface area contributed by atoms with Crippen LogP contribution in [0.5, 0.6) is 0 Å². The monoisotopic (exact) mass is 287 g/mol. The molecule has 1 aromatic rings. The van der Waals surface area contributed by atoms with Crippen LogP contribution in [0.1, 0.15) is 31.2 Å². The SMILES string of the molecule is NCC1(C(=O)NCCCN2CCc3ccccc32)CCC1. The van der Waals surface area contributed by atoms with E-state index in [0.29, 0.717) is 6.54 Å². The van der Waals surface area contributed by atoms with Gasteiger partial charge >= 0.3 is 0 Å². The summed E-state index contributed by atoms with van der Waals surface area (Å²) in [5.74, 6) is 0.165. The summed E-state index contributed by atoms with van der Waals surface area (Å²) in [5.41, 5.74) is 8.31. The molecule has 4 nitrogen and oxygen atoms in total. The van der Waals surface area contributed by atoms with Crippen molar-refractivity contribution in [1.82, 2.24) is 5.32 Å². The predicted octanol–water partition coefficient (Wildman–Crippen LogP) is 1.68. The molecule has 1 aromatic carbocycles. The van der Waals surface area contributed by atoms with Crippen LogP contribution in [0.2, 0.25) is 0 Å². The highest BCUT2D eigenvalue weighted by Gasteiger charge is 2.42. The molecule has 1 aliphatic heterocycles. The van der Waals surface area contributed by atoms with Crippen molar-refractivity contribution in [2.75, 3.05) is 31.1 Å². The first-order valence-electron chi connectivity index (χ1n) is 8.06. The zero-order chi connectivity index (χ0) is 14.7. The zero-order valence-corrected chi connectivity index (χ0v) is 12.6.